The van der Waals surface area contributed by atoms with Crippen LogP contribution < -0.4 is 5.73 Å². The van der Waals surface area contributed by atoms with Gasteiger partial charge in [0.2, 0.25) is 0 Å². The summed E-state index contributed by atoms with van der Waals surface area (Å²) in [6.45, 7) is 1.91. The molecule has 0 aliphatic heterocycles. The molecule has 0 spiro atoms. The van der Waals surface area contributed by atoms with E-state index in [9.17, 15) is 9.59 Å². The van der Waals surface area contributed by atoms with Crippen LogP contribution in [0.25, 0.3) is 0 Å². The van der Waals surface area contributed by atoms with Crippen LogP contribution in [0.4, 0.5) is 5.69 Å². The molecule has 0 heterocycles. The molecule has 2 N–H and O–H groups in total. The maximum Gasteiger partial charge on any atom is 0.344 e. The fourth-order valence-electron chi connectivity index (χ4n) is 1.23. The molecule has 0 saturated carbocycles. The van der Waals surface area contributed by atoms with Gasteiger partial charge >= 0.3 is 11.9 Å². The van der Waals surface area contributed by atoms with E-state index in [1.165, 1.54) is 18.2 Å². The van der Waals surface area contributed by atoms with Gasteiger partial charge in [-0.15, -0.1) is 0 Å². The van der Waals surface area contributed by atoms with E-state index in [1.54, 1.807) is 0 Å². The highest BCUT2D eigenvalue weighted by atomic mass is 35.5. The molecule has 1 aromatic rings. The first kappa shape index (κ1) is 15.3. The lowest BCUT2D eigenvalue weighted by atomic mass is 10.2. The van der Waals surface area contributed by atoms with Crippen molar-refractivity contribution >= 4 is 29.2 Å². The van der Waals surface area contributed by atoms with Crippen molar-refractivity contribution in [2.75, 3.05) is 18.9 Å². The third-order valence-corrected chi connectivity index (χ3v) is 2.65. The van der Waals surface area contributed by atoms with Gasteiger partial charge in [-0.25, -0.2) is 9.59 Å². The highest BCUT2D eigenvalue weighted by Gasteiger charge is 2.12. The summed E-state index contributed by atoms with van der Waals surface area (Å²) in [6, 6.07) is 4.37. The zero-order valence-electron chi connectivity index (χ0n) is 10.6. The van der Waals surface area contributed by atoms with Crippen LogP contribution in [0.5, 0.6) is 0 Å². The van der Waals surface area contributed by atoms with Crippen LogP contribution in [0.3, 0.4) is 0 Å². The van der Waals surface area contributed by atoms with E-state index in [-0.39, 0.29) is 10.6 Å². The Morgan fingerprint density at radius 3 is 2.68 bits per heavy atom. The third-order valence-electron chi connectivity index (χ3n) is 2.32. The van der Waals surface area contributed by atoms with Crippen LogP contribution in [0, 0.1) is 0 Å². The van der Waals surface area contributed by atoms with Crippen molar-refractivity contribution in [3.8, 4) is 0 Å². The standard InChI is InChI=1S/C13H16ClNO4/c1-2-3-6-18-12(16)8-19-13(17)9-4-5-11(15)10(14)7-9/h4-5,7H,2-3,6,8,15H2,1H3. The van der Waals surface area contributed by atoms with Crippen LogP contribution in [-0.2, 0) is 14.3 Å². The number of nitrogens with two attached hydrogens (primary N) is 1. The molecule has 1 rings (SSSR count). The predicted octanol–water partition coefficient (Wildman–Crippen LogP) is 2.42. The van der Waals surface area contributed by atoms with E-state index in [0.717, 1.165) is 12.8 Å². The second-order valence-electron chi connectivity index (χ2n) is 3.89. The van der Waals surface area contributed by atoms with Crippen LogP contribution >= 0.6 is 11.6 Å². The Hall–Kier alpha value is -1.75. The number of carbonyl (C=O) groups is 2. The van der Waals surface area contributed by atoms with Gasteiger partial charge in [-0.2, -0.15) is 0 Å². The summed E-state index contributed by atoms with van der Waals surface area (Å²) in [6.07, 6.45) is 1.71. The molecule has 0 atom stereocenters. The van der Waals surface area contributed by atoms with Gasteiger partial charge in [0.25, 0.3) is 0 Å². The van der Waals surface area contributed by atoms with Gasteiger partial charge in [0.15, 0.2) is 6.61 Å². The second kappa shape index (κ2) is 7.63. The van der Waals surface area contributed by atoms with E-state index < -0.39 is 18.5 Å². The molecule has 0 bridgehead atoms. The Bertz CT molecular complexity index is 462. The summed E-state index contributed by atoms with van der Waals surface area (Å²) in [4.78, 5) is 22.8. The maximum absolute atomic E-state index is 11.6. The summed E-state index contributed by atoms with van der Waals surface area (Å²) < 4.78 is 9.65. The highest BCUT2D eigenvalue weighted by molar-refractivity contribution is 6.33. The zero-order valence-corrected chi connectivity index (χ0v) is 11.4. The number of benzene rings is 1. The molecular formula is C13H16ClNO4. The van der Waals surface area contributed by atoms with Gasteiger partial charge in [-0.1, -0.05) is 24.9 Å². The van der Waals surface area contributed by atoms with Crippen LogP contribution in [0.1, 0.15) is 30.1 Å². The first-order valence-electron chi connectivity index (χ1n) is 5.92. The maximum atomic E-state index is 11.6. The summed E-state index contributed by atoms with van der Waals surface area (Å²) in [5.74, 6) is -1.21. The zero-order chi connectivity index (χ0) is 14.3. The normalized spacial score (nSPS) is 10.0. The number of ether oxygens (including phenoxy) is 2. The molecule has 104 valence electrons. The fraction of sp³-hybridized carbons (Fsp3) is 0.385. The van der Waals surface area contributed by atoms with E-state index >= 15 is 0 Å². The van der Waals surface area contributed by atoms with Crippen molar-refractivity contribution in [1.82, 2.24) is 0 Å². The summed E-state index contributed by atoms with van der Waals surface area (Å²) in [5.41, 5.74) is 6.13. The van der Waals surface area contributed by atoms with Crippen molar-refractivity contribution in [2.45, 2.75) is 19.8 Å². The SMILES string of the molecule is CCCCOC(=O)COC(=O)c1ccc(N)c(Cl)c1. The van der Waals surface area contributed by atoms with Gasteiger partial charge in [-0.05, 0) is 24.6 Å². The van der Waals surface area contributed by atoms with E-state index in [2.05, 4.69) is 0 Å². The smallest absolute Gasteiger partial charge is 0.344 e. The number of esters is 2. The molecule has 0 aliphatic carbocycles. The lowest BCUT2D eigenvalue weighted by Crippen LogP contribution is -2.17. The predicted molar refractivity (Wildman–Crippen MR) is 72.0 cm³/mol. The van der Waals surface area contributed by atoms with Crippen molar-refractivity contribution in [1.29, 1.82) is 0 Å². The molecule has 0 amide bonds. The number of carbonyl (C=O) groups excluding carboxylic acids is 2. The minimum atomic E-state index is -0.644. The molecule has 0 aliphatic rings. The minimum Gasteiger partial charge on any atom is -0.463 e. The number of hydrogen-bond acceptors (Lipinski definition) is 5. The lowest BCUT2D eigenvalue weighted by Gasteiger charge is -2.06. The van der Waals surface area contributed by atoms with Crippen molar-refractivity contribution < 1.29 is 19.1 Å². The summed E-state index contributed by atoms with van der Waals surface area (Å²) >= 11 is 5.78. The quantitative estimate of drug-likeness (QED) is 0.493. The number of halogens is 1. The molecular weight excluding hydrogens is 270 g/mol. The first-order valence-corrected chi connectivity index (χ1v) is 6.30. The molecule has 1 aromatic carbocycles. The average Bonchev–Trinajstić information content (AvgIpc) is 2.39. The number of hydrogen-bond donors (Lipinski definition) is 1. The number of unbranched alkanes of at least 4 members (excludes halogenated alkanes) is 1. The monoisotopic (exact) mass is 285 g/mol. The second-order valence-corrected chi connectivity index (χ2v) is 4.29. The molecule has 5 nitrogen and oxygen atoms in total. The van der Waals surface area contributed by atoms with Gasteiger partial charge in [0.05, 0.1) is 22.9 Å². The van der Waals surface area contributed by atoms with E-state index in [1.807, 2.05) is 6.92 Å². The van der Waals surface area contributed by atoms with E-state index in [0.29, 0.717) is 12.3 Å². The minimum absolute atomic E-state index is 0.237. The van der Waals surface area contributed by atoms with Gasteiger partial charge in [0.1, 0.15) is 0 Å². The number of rotatable bonds is 6. The largest absolute Gasteiger partial charge is 0.463 e. The average molecular weight is 286 g/mol. The highest BCUT2D eigenvalue weighted by Crippen LogP contribution is 2.20. The Labute approximate surface area is 116 Å². The Morgan fingerprint density at radius 1 is 1.32 bits per heavy atom. The molecule has 0 unspecified atom stereocenters. The summed E-state index contributed by atoms with van der Waals surface area (Å²) in [5, 5.41) is 0.264. The van der Waals surface area contributed by atoms with Crippen LogP contribution in [0.2, 0.25) is 5.02 Å². The molecule has 0 aromatic heterocycles. The van der Waals surface area contributed by atoms with Crippen LogP contribution in [0.15, 0.2) is 18.2 Å². The molecule has 0 fully saturated rings. The molecule has 0 saturated heterocycles. The third kappa shape index (κ3) is 5.18. The molecule has 19 heavy (non-hydrogen) atoms. The first-order chi connectivity index (χ1) is 9.04. The fourth-order valence-corrected chi connectivity index (χ4v) is 1.41. The Kier molecular flexibility index (Phi) is 6.15. The topological polar surface area (TPSA) is 78.6 Å². The summed E-state index contributed by atoms with van der Waals surface area (Å²) in [7, 11) is 0. The van der Waals surface area contributed by atoms with Crippen molar-refractivity contribution in [2.24, 2.45) is 0 Å². The van der Waals surface area contributed by atoms with E-state index in [4.69, 9.17) is 26.8 Å². The molecule has 6 heteroatoms. The van der Waals surface area contributed by atoms with Gasteiger partial charge in [-0.3, -0.25) is 0 Å². The molecule has 0 radical (unpaired) electrons. The van der Waals surface area contributed by atoms with Crippen molar-refractivity contribution in [3.05, 3.63) is 28.8 Å². The Balaban J connectivity index is 2.42. The lowest BCUT2D eigenvalue weighted by molar-refractivity contribution is -0.147. The van der Waals surface area contributed by atoms with Gasteiger partial charge in [0, 0.05) is 0 Å². The van der Waals surface area contributed by atoms with Crippen molar-refractivity contribution in [3.63, 3.8) is 0 Å². The van der Waals surface area contributed by atoms with Crippen LogP contribution in [-0.4, -0.2) is 25.2 Å². The Morgan fingerprint density at radius 2 is 2.05 bits per heavy atom. The number of anilines is 1. The van der Waals surface area contributed by atoms with Gasteiger partial charge < -0.3 is 15.2 Å². The number of nitrogen functional groups attached to an aromatic ring is 1.